The Kier molecular flexibility index (Phi) is 4.39. The third kappa shape index (κ3) is 4.67. The van der Waals surface area contributed by atoms with E-state index in [0.717, 1.165) is 0 Å². The molecule has 2 amide bonds. The quantitative estimate of drug-likeness (QED) is 0.739. The number of anilines is 1. The highest BCUT2D eigenvalue weighted by atomic mass is 35.5. The molecule has 0 aliphatic carbocycles. The van der Waals surface area contributed by atoms with E-state index in [-0.39, 0.29) is 12.6 Å². The molecule has 1 rings (SSSR count). The van der Waals surface area contributed by atoms with Crippen LogP contribution in [0, 0.1) is 0 Å². The molecule has 1 atom stereocenters. The summed E-state index contributed by atoms with van der Waals surface area (Å²) in [5, 5.41) is 14.7. The predicted octanol–water partition coefficient (Wildman–Crippen LogP) is 1.84. The molecule has 1 aromatic carbocycles. The SMILES string of the molecule is C[C@H](O)CNC(=O)Nc1ccc(Cl)cc1. The average Bonchev–Trinajstić information content (AvgIpc) is 2.19. The van der Waals surface area contributed by atoms with Gasteiger partial charge in [-0.3, -0.25) is 0 Å². The number of hydrogen-bond donors (Lipinski definition) is 3. The molecular formula is C10H13ClN2O2. The number of nitrogens with one attached hydrogen (secondary N) is 2. The van der Waals surface area contributed by atoms with Crippen molar-refractivity contribution in [1.82, 2.24) is 5.32 Å². The first kappa shape index (κ1) is 11.8. The number of amides is 2. The summed E-state index contributed by atoms with van der Waals surface area (Å²) < 4.78 is 0. The summed E-state index contributed by atoms with van der Waals surface area (Å²) in [5.74, 6) is 0. The van der Waals surface area contributed by atoms with Crippen LogP contribution in [-0.2, 0) is 0 Å². The van der Waals surface area contributed by atoms with Crippen molar-refractivity contribution >= 4 is 23.3 Å². The van der Waals surface area contributed by atoms with Crippen LogP contribution in [-0.4, -0.2) is 23.8 Å². The van der Waals surface area contributed by atoms with Crippen molar-refractivity contribution < 1.29 is 9.90 Å². The van der Waals surface area contributed by atoms with Crippen molar-refractivity contribution in [2.45, 2.75) is 13.0 Å². The Morgan fingerprint density at radius 3 is 2.60 bits per heavy atom. The van der Waals surface area contributed by atoms with Crippen LogP contribution in [0.25, 0.3) is 0 Å². The molecule has 0 radical (unpaired) electrons. The lowest BCUT2D eigenvalue weighted by Gasteiger charge is -2.08. The van der Waals surface area contributed by atoms with E-state index >= 15 is 0 Å². The molecule has 15 heavy (non-hydrogen) atoms. The summed E-state index contributed by atoms with van der Waals surface area (Å²) in [6, 6.07) is 6.42. The van der Waals surface area contributed by atoms with E-state index in [0.29, 0.717) is 10.7 Å². The highest BCUT2D eigenvalue weighted by molar-refractivity contribution is 6.30. The van der Waals surface area contributed by atoms with Crippen LogP contribution < -0.4 is 10.6 Å². The minimum atomic E-state index is -0.555. The summed E-state index contributed by atoms with van der Waals surface area (Å²) in [6.07, 6.45) is -0.555. The molecule has 0 heterocycles. The molecule has 0 saturated heterocycles. The second-order valence-electron chi connectivity index (χ2n) is 3.19. The zero-order valence-electron chi connectivity index (χ0n) is 8.33. The molecule has 0 aromatic heterocycles. The Bertz CT molecular complexity index is 325. The minimum absolute atomic E-state index is 0.222. The second kappa shape index (κ2) is 5.58. The van der Waals surface area contributed by atoms with Crippen LogP contribution in [0.4, 0.5) is 10.5 Å². The van der Waals surface area contributed by atoms with Crippen molar-refractivity contribution in [2.75, 3.05) is 11.9 Å². The maximum absolute atomic E-state index is 11.2. The number of urea groups is 1. The van der Waals surface area contributed by atoms with Crippen LogP contribution in [0.15, 0.2) is 24.3 Å². The van der Waals surface area contributed by atoms with Gasteiger partial charge in [0.2, 0.25) is 0 Å². The molecule has 5 heteroatoms. The second-order valence-corrected chi connectivity index (χ2v) is 3.63. The maximum atomic E-state index is 11.2. The van der Waals surface area contributed by atoms with E-state index in [4.69, 9.17) is 16.7 Å². The number of aliphatic hydroxyl groups excluding tert-OH is 1. The van der Waals surface area contributed by atoms with Crippen molar-refractivity contribution in [2.24, 2.45) is 0 Å². The average molecular weight is 229 g/mol. The molecule has 0 aliphatic rings. The van der Waals surface area contributed by atoms with Crippen LogP contribution >= 0.6 is 11.6 Å². The van der Waals surface area contributed by atoms with Crippen LogP contribution in [0.5, 0.6) is 0 Å². The van der Waals surface area contributed by atoms with Gasteiger partial charge in [-0.1, -0.05) is 11.6 Å². The lowest BCUT2D eigenvalue weighted by atomic mass is 10.3. The molecule has 82 valence electrons. The molecule has 3 N–H and O–H groups in total. The Morgan fingerprint density at radius 2 is 2.07 bits per heavy atom. The minimum Gasteiger partial charge on any atom is -0.392 e. The van der Waals surface area contributed by atoms with Gasteiger partial charge in [0.05, 0.1) is 6.10 Å². The molecule has 0 spiro atoms. The number of carbonyl (C=O) groups excluding carboxylic acids is 1. The van der Waals surface area contributed by atoms with Crippen LogP contribution in [0.3, 0.4) is 0 Å². The summed E-state index contributed by atoms with van der Waals surface area (Å²) in [6.45, 7) is 1.82. The fraction of sp³-hybridized carbons (Fsp3) is 0.300. The number of carbonyl (C=O) groups is 1. The fourth-order valence-corrected chi connectivity index (χ4v) is 1.07. The highest BCUT2D eigenvalue weighted by Crippen LogP contribution is 2.12. The largest absolute Gasteiger partial charge is 0.392 e. The van der Waals surface area contributed by atoms with Gasteiger partial charge < -0.3 is 15.7 Å². The molecule has 0 aliphatic heterocycles. The van der Waals surface area contributed by atoms with Crippen molar-refractivity contribution in [1.29, 1.82) is 0 Å². The monoisotopic (exact) mass is 228 g/mol. The smallest absolute Gasteiger partial charge is 0.319 e. The molecule has 0 bridgehead atoms. The van der Waals surface area contributed by atoms with Crippen molar-refractivity contribution in [3.8, 4) is 0 Å². The first-order valence-electron chi connectivity index (χ1n) is 4.56. The number of hydrogen-bond acceptors (Lipinski definition) is 2. The number of halogens is 1. The zero-order chi connectivity index (χ0) is 11.3. The summed E-state index contributed by atoms with van der Waals surface area (Å²) in [4.78, 5) is 11.2. The summed E-state index contributed by atoms with van der Waals surface area (Å²) in [5.41, 5.74) is 0.655. The van der Waals surface area contributed by atoms with Gasteiger partial charge in [0.25, 0.3) is 0 Å². The third-order valence-corrected chi connectivity index (χ3v) is 1.91. The first-order chi connectivity index (χ1) is 7.08. The van der Waals surface area contributed by atoms with E-state index in [2.05, 4.69) is 10.6 Å². The topological polar surface area (TPSA) is 61.4 Å². The van der Waals surface area contributed by atoms with E-state index < -0.39 is 6.10 Å². The van der Waals surface area contributed by atoms with Gasteiger partial charge in [-0.15, -0.1) is 0 Å². The van der Waals surface area contributed by atoms with Gasteiger partial charge in [0.1, 0.15) is 0 Å². The first-order valence-corrected chi connectivity index (χ1v) is 4.94. The highest BCUT2D eigenvalue weighted by Gasteiger charge is 2.02. The lowest BCUT2D eigenvalue weighted by molar-refractivity contribution is 0.190. The predicted molar refractivity (Wildman–Crippen MR) is 60.2 cm³/mol. The van der Waals surface area contributed by atoms with Crippen LogP contribution in [0.2, 0.25) is 5.02 Å². The van der Waals surface area contributed by atoms with E-state index in [1.165, 1.54) is 0 Å². The normalized spacial score (nSPS) is 11.9. The fourth-order valence-electron chi connectivity index (χ4n) is 0.949. The maximum Gasteiger partial charge on any atom is 0.319 e. The van der Waals surface area contributed by atoms with E-state index in [9.17, 15) is 4.79 Å². The van der Waals surface area contributed by atoms with Crippen LogP contribution in [0.1, 0.15) is 6.92 Å². The van der Waals surface area contributed by atoms with Gasteiger partial charge in [-0.05, 0) is 31.2 Å². The Balaban J connectivity index is 2.41. The van der Waals surface area contributed by atoms with Gasteiger partial charge >= 0.3 is 6.03 Å². The van der Waals surface area contributed by atoms with Gasteiger partial charge in [-0.2, -0.15) is 0 Å². The standard InChI is InChI=1S/C10H13ClN2O2/c1-7(14)6-12-10(15)13-9-4-2-8(11)3-5-9/h2-5,7,14H,6H2,1H3,(H2,12,13,15)/t7-/m0/s1. The van der Waals surface area contributed by atoms with Crippen molar-refractivity contribution in [3.05, 3.63) is 29.3 Å². The number of aliphatic hydroxyl groups is 1. The molecule has 1 aromatic rings. The van der Waals surface area contributed by atoms with Crippen molar-refractivity contribution in [3.63, 3.8) is 0 Å². The Hall–Kier alpha value is -1.26. The third-order valence-electron chi connectivity index (χ3n) is 1.66. The molecule has 0 fully saturated rings. The van der Waals surface area contributed by atoms with Gasteiger partial charge in [0.15, 0.2) is 0 Å². The zero-order valence-corrected chi connectivity index (χ0v) is 9.08. The van der Waals surface area contributed by atoms with Gasteiger partial charge in [0, 0.05) is 17.3 Å². The Labute approximate surface area is 93.2 Å². The van der Waals surface area contributed by atoms with E-state index in [1.54, 1.807) is 31.2 Å². The molecular weight excluding hydrogens is 216 g/mol. The van der Waals surface area contributed by atoms with Gasteiger partial charge in [-0.25, -0.2) is 4.79 Å². The number of rotatable bonds is 3. The molecule has 0 unspecified atom stereocenters. The molecule has 0 saturated carbocycles. The summed E-state index contributed by atoms with van der Waals surface area (Å²) in [7, 11) is 0. The summed E-state index contributed by atoms with van der Waals surface area (Å²) >= 11 is 5.69. The number of benzene rings is 1. The van der Waals surface area contributed by atoms with E-state index in [1.807, 2.05) is 0 Å². The molecule has 4 nitrogen and oxygen atoms in total. The lowest BCUT2D eigenvalue weighted by Crippen LogP contribution is -2.34. The Morgan fingerprint density at radius 1 is 1.47 bits per heavy atom.